The van der Waals surface area contributed by atoms with Crippen LogP contribution in [0.4, 0.5) is 5.69 Å². The number of nitrogens with zero attached hydrogens (tertiary/aromatic N) is 1. The molecule has 2 heterocycles. The fourth-order valence-electron chi connectivity index (χ4n) is 2.38. The number of rotatable bonds is 5. The van der Waals surface area contributed by atoms with Crippen molar-refractivity contribution in [2.75, 3.05) is 5.32 Å². The van der Waals surface area contributed by atoms with Crippen LogP contribution in [0.3, 0.4) is 0 Å². The minimum atomic E-state index is -1.05. The molecule has 27 heavy (non-hydrogen) atoms. The summed E-state index contributed by atoms with van der Waals surface area (Å²) in [4.78, 5) is 38.8. The molecule has 3 rings (SSSR count). The number of nitrogens with one attached hydrogen (secondary N) is 1. The lowest BCUT2D eigenvalue weighted by atomic mass is 10.2. The van der Waals surface area contributed by atoms with Crippen molar-refractivity contribution in [1.82, 2.24) is 4.90 Å². The second-order valence-electron chi connectivity index (χ2n) is 5.61. The number of thiophene rings is 1. The summed E-state index contributed by atoms with van der Waals surface area (Å²) < 4.78 is 0.326. The number of benzene rings is 1. The number of amides is 2. The summed E-state index contributed by atoms with van der Waals surface area (Å²) in [6.45, 7) is 1.60. The summed E-state index contributed by atoms with van der Waals surface area (Å²) in [5.74, 6) is -1.76. The molecule has 0 radical (unpaired) electrons. The number of aromatic carboxylic acids is 1. The van der Waals surface area contributed by atoms with E-state index < -0.39 is 17.9 Å². The van der Waals surface area contributed by atoms with Crippen molar-refractivity contribution in [3.8, 4) is 0 Å². The van der Waals surface area contributed by atoms with E-state index in [1.54, 1.807) is 13.0 Å². The van der Waals surface area contributed by atoms with Gasteiger partial charge in [0.25, 0.3) is 5.91 Å². The highest BCUT2D eigenvalue weighted by Crippen LogP contribution is 2.34. The van der Waals surface area contributed by atoms with E-state index in [1.807, 2.05) is 17.5 Å². The number of thiocarbonyl (C=S) groups is 1. The number of carbonyl (C=O) groups is 3. The van der Waals surface area contributed by atoms with Crippen molar-refractivity contribution in [3.63, 3.8) is 0 Å². The number of carboxylic acids is 1. The Hall–Kier alpha value is -2.49. The van der Waals surface area contributed by atoms with Crippen molar-refractivity contribution in [3.05, 3.63) is 57.1 Å². The average Bonchev–Trinajstić information content (AvgIpc) is 3.23. The van der Waals surface area contributed by atoms with Crippen LogP contribution in [0, 0.1) is 0 Å². The van der Waals surface area contributed by atoms with Gasteiger partial charge in [0.1, 0.15) is 10.4 Å². The predicted molar refractivity (Wildman–Crippen MR) is 111 cm³/mol. The van der Waals surface area contributed by atoms with E-state index in [4.69, 9.17) is 17.3 Å². The molecule has 0 aliphatic carbocycles. The third-order valence-corrected chi connectivity index (χ3v) is 5.96. The monoisotopic (exact) mass is 418 g/mol. The molecule has 1 aliphatic rings. The molecular formula is C18H14N2O4S3. The maximum Gasteiger partial charge on any atom is 0.335 e. The Balaban J connectivity index is 1.71. The molecule has 1 aromatic heterocycles. The molecule has 0 bridgehead atoms. The first-order valence-corrected chi connectivity index (χ1v) is 9.92. The highest BCUT2D eigenvalue weighted by Gasteiger charge is 2.38. The molecule has 1 aromatic carbocycles. The van der Waals surface area contributed by atoms with Crippen molar-refractivity contribution in [2.45, 2.75) is 13.0 Å². The van der Waals surface area contributed by atoms with Crippen molar-refractivity contribution in [2.24, 2.45) is 0 Å². The predicted octanol–water partition coefficient (Wildman–Crippen LogP) is 3.67. The molecule has 0 spiro atoms. The molecule has 1 fully saturated rings. The van der Waals surface area contributed by atoms with E-state index in [1.165, 1.54) is 52.3 Å². The first kappa shape index (κ1) is 19.3. The van der Waals surface area contributed by atoms with Crippen LogP contribution in [-0.2, 0) is 9.59 Å². The van der Waals surface area contributed by atoms with Crippen LogP contribution in [-0.4, -0.2) is 38.2 Å². The number of anilines is 1. The van der Waals surface area contributed by atoms with E-state index in [2.05, 4.69) is 5.32 Å². The second-order valence-corrected chi connectivity index (χ2v) is 8.27. The van der Waals surface area contributed by atoms with Crippen LogP contribution >= 0.6 is 35.3 Å². The zero-order valence-electron chi connectivity index (χ0n) is 14.0. The highest BCUT2D eigenvalue weighted by molar-refractivity contribution is 8.26. The summed E-state index contributed by atoms with van der Waals surface area (Å²) in [5.41, 5.74) is 0.563. The molecular weight excluding hydrogens is 404 g/mol. The third kappa shape index (κ3) is 4.26. The fourth-order valence-corrected chi connectivity index (χ4v) is 4.52. The molecule has 1 atom stereocenters. The van der Waals surface area contributed by atoms with Crippen LogP contribution < -0.4 is 5.32 Å². The quantitative estimate of drug-likeness (QED) is 0.569. The van der Waals surface area contributed by atoms with Gasteiger partial charge in [-0.05, 0) is 48.7 Å². The molecule has 1 saturated heterocycles. The summed E-state index contributed by atoms with van der Waals surface area (Å²) in [5, 5.41) is 13.5. The summed E-state index contributed by atoms with van der Waals surface area (Å²) >= 11 is 7.96. The standard InChI is InChI=1S/C18H14N2O4S3/c1-10(15(21)19-12-6-4-11(5-7-12)17(23)24)20-16(22)14(27-18(20)25)9-13-3-2-8-26-13/h2-10H,1H3,(H,19,21)(H,23,24)/b14-9+/t10-/m1/s1. The minimum absolute atomic E-state index is 0.122. The van der Waals surface area contributed by atoms with Crippen molar-refractivity contribution in [1.29, 1.82) is 0 Å². The van der Waals surface area contributed by atoms with Crippen LogP contribution in [0.25, 0.3) is 6.08 Å². The Morgan fingerprint density at radius 3 is 2.56 bits per heavy atom. The third-order valence-electron chi connectivity index (χ3n) is 3.81. The van der Waals surface area contributed by atoms with Gasteiger partial charge in [-0.15, -0.1) is 11.3 Å². The molecule has 9 heteroatoms. The maximum atomic E-state index is 12.7. The van der Waals surface area contributed by atoms with Crippen LogP contribution in [0.5, 0.6) is 0 Å². The molecule has 6 nitrogen and oxygen atoms in total. The molecule has 2 aromatic rings. The van der Waals surface area contributed by atoms with Gasteiger partial charge in [-0.25, -0.2) is 4.79 Å². The molecule has 0 unspecified atom stereocenters. The van der Waals surface area contributed by atoms with E-state index >= 15 is 0 Å². The smallest absolute Gasteiger partial charge is 0.335 e. The topological polar surface area (TPSA) is 86.7 Å². The van der Waals surface area contributed by atoms with Crippen LogP contribution in [0.15, 0.2) is 46.7 Å². The SMILES string of the molecule is C[C@H](C(=O)Nc1ccc(C(=O)O)cc1)N1C(=O)/C(=C\c2cccs2)SC1=S. The van der Waals surface area contributed by atoms with Gasteiger partial charge in [-0.3, -0.25) is 14.5 Å². The van der Waals surface area contributed by atoms with Crippen molar-refractivity contribution < 1.29 is 19.5 Å². The van der Waals surface area contributed by atoms with E-state index in [0.29, 0.717) is 14.9 Å². The van der Waals surface area contributed by atoms with Gasteiger partial charge in [0.15, 0.2) is 0 Å². The maximum absolute atomic E-state index is 12.7. The molecule has 0 saturated carbocycles. The Labute approximate surface area is 168 Å². The zero-order chi connectivity index (χ0) is 19.6. The number of carboxylic acid groups (broad SMARTS) is 1. The Morgan fingerprint density at radius 1 is 1.26 bits per heavy atom. The van der Waals surface area contributed by atoms with Crippen molar-refractivity contribution >= 4 is 69.2 Å². The summed E-state index contributed by atoms with van der Waals surface area (Å²) in [6.07, 6.45) is 1.76. The Bertz CT molecular complexity index is 936. The minimum Gasteiger partial charge on any atom is -0.478 e. The number of carbonyl (C=O) groups excluding carboxylic acids is 2. The normalized spacial score (nSPS) is 16.6. The van der Waals surface area contributed by atoms with Crippen LogP contribution in [0.1, 0.15) is 22.2 Å². The number of hydrogen-bond acceptors (Lipinski definition) is 6. The van der Waals surface area contributed by atoms with E-state index in [-0.39, 0.29) is 11.5 Å². The van der Waals surface area contributed by atoms with E-state index in [0.717, 1.165) is 4.88 Å². The second kappa shape index (κ2) is 8.03. The molecule has 2 N–H and O–H groups in total. The van der Waals surface area contributed by atoms with Gasteiger partial charge in [0, 0.05) is 10.6 Å². The molecule has 138 valence electrons. The average molecular weight is 419 g/mol. The van der Waals surface area contributed by atoms with E-state index in [9.17, 15) is 14.4 Å². The zero-order valence-corrected chi connectivity index (χ0v) is 16.5. The number of hydrogen-bond donors (Lipinski definition) is 2. The Morgan fingerprint density at radius 2 is 1.96 bits per heavy atom. The first-order valence-electron chi connectivity index (χ1n) is 7.81. The number of thioether (sulfide) groups is 1. The van der Waals surface area contributed by atoms with Gasteiger partial charge < -0.3 is 10.4 Å². The van der Waals surface area contributed by atoms with Gasteiger partial charge in [0.05, 0.1) is 10.5 Å². The van der Waals surface area contributed by atoms with Gasteiger partial charge in [-0.2, -0.15) is 0 Å². The fraction of sp³-hybridized carbons (Fsp3) is 0.111. The largest absolute Gasteiger partial charge is 0.478 e. The Kier molecular flexibility index (Phi) is 5.73. The van der Waals surface area contributed by atoms with Gasteiger partial charge in [-0.1, -0.05) is 30.0 Å². The highest BCUT2D eigenvalue weighted by atomic mass is 32.2. The summed E-state index contributed by atoms with van der Waals surface area (Å²) in [7, 11) is 0. The summed E-state index contributed by atoms with van der Waals surface area (Å²) in [6, 6.07) is 8.77. The first-order chi connectivity index (χ1) is 12.9. The molecule has 2 amide bonds. The van der Waals surface area contributed by atoms with Gasteiger partial charge in [0.2, 0.25) is 5.91 Å². The lowest BCUT2D eigenvalue weighted by molar-refractivity contribution is -0.129. The van der Waals surface area contributed by atoms with Crippen LogP contribution in [0.2, 0.25) is 0 Å². The molecule has 1 aliphatic heterocycles. The van der Waals surface area contributed by atoms with Gasteiger partial charge >= 0.3 is 5.97 Å². The lowest BCUT2D eigenvalue weighted by Crippen LogP contribution is -2.44. The lowest BCUT2D eigenvalue weighted by Gasteiger charge is -2.22.